The second-order valence-electron chi connectivity index (χ2n) is 4.10. The zero-order chi connectivity index (χ0) is 12.8. The monoisotopic (exact) mass is 275 g/mol. The van der Waals surface area contributed by atoms with Gasteiger partial charge in [-0.25, -0.2) is 0 Å². The third kappa shape index (κ3) is 4.19. The van der Waals surface area contributed by atoms with Gasteiger partial charge in [-0.2, -0.15) is 16.9 Å². The number of likely N-dealkylation sites (N-methyl/N-ethyl adjacent to an activating group) is 1. The quantitative estimate of drug-likeness (QED) is 0.830. The van der Waals surface area contributed by atoms with Crippen LogP contribution < -0.4 is 5.32 Å². The second-order valence-corrected chi connectivity index (χ2v) is 5.77. The lowest BCUT2D eigenvalue weighted by Gasteiger charge is -2.17. The number of hydrogen-bond donors (Lipinski definition) is 1. The van der Waals surface area contributed by atoms with Crippen LogP contribution in [0.2, 0.25) is 5.15 Å². The third-order valence-electron chi connectivity index (χ3n) is 2.74. The smallest absolute Gasteiger partial charge is 0.130 e. The van der Waals surface area contributed by atoms with Crippen LogP contribution in [0.25, 0.3) is 0 Å². The number of aryl methyl sites for hydroxylation is 2. The highest BCUT2D eigenvalue weighted by Gasteiger charge is 2.16. The van der Waals surface area contributed by atoms with E-state index in [0.717, 1.165) is 35.3 Å². The molecule has 1 atom stereocenters. The Morgan fingerprint density at radius 1 is 1.47 bits per heavy atom. The number of hydrogen-bond acceptors (Lipinski definition) is 3. The van der Waals surface area contributed by atoms with Crippen molar-refractivity contribution in [3.05, 3.63) is 16.4 Å². The highest BCUT2D eigenvalue weighted by Crippen LogP contribution is 2.21. The van der Waals surface area contributed by atoms with Gasteiger partial charge in [0.2, 0.25) is 0 Å². The summed E-state index contributed by atoms with van der Waals surface area (Å²) >= 11 is 8.22. The molecule has 0 fully saturated rings. The van der Waals surface area contributed by atoms with Gasteiger partial charge < -0.3 is 5.32 Å². The van der Waals surface area contributed by atoms with Crippen LogP contribution in [0.1, 0.15) is 25.1 Å². The first kappa shape index (κ1) is 14.9. The fourth-order valence-electron chi connectivity index (χ4n) is 1.89. The molecule has 1 rings (SSSR count). The SMILES string of the molecule is CCNC(CSCC)Cc1c(C)nn(C)c1Cl. The van der Waals surface area contributed by atoms with Crippen molar-refractivity contribution in [1.82, 2.24) is 15.1 Å². The highest BCUT2D eigenvalue weighted by atomic mass is 35.5. The van der Waals surface area contributed by atoms with Crippen LogP contribution in [0.5, 0.6) is 0 Å². The standard InChI is InChI=1S/C12H22ClN3S/c1-5-14-10(8-17-6-2)7-11-9(3)15-16(4)12(11)13/h10,14H,5-8H2,1-4H3. The number of nitrogens with one attached hydrogen (secondary N) is 1. The molecule has 0 spiro atoms. The summed E-state index contributed by atoms with van der Waals surface area (Å²) in [6.45, 7) is 7.35. The minimum absolute atomic E-state index is 0.477. The van der Waals surface area contributed by atoms with Crippen molar-refractivity contribution < 1.29 is 0 Å². The van der Waals surface area contributed by atoms with E-state index in [2.05, 4.69) is 24.3 Å². The van der Waals surface area contributed by atoms with E-state index in [1.165, 1.54) is 5.56 Å². The maximum absolute atomic E-state index is 6.26. The van der Waals surface area contributed by atoms with Crippen molar-refractivity contribution in [3.8, 4) is 0 Å². The Morgan fingerprint density at radius 2 is 2.18 bits per heavy atom. The topological polar surface area (TPSA) is 29.9 Å². The van der Waals surface area contributed by atoms with Gasteiger partial charge in [-0.3, -0.25) is 4.68 Å². The Kier molecular flexibility index (Phi) is 6.38. The first-order chi connectivity index (χ1) is 8.10. The summed E-state index contributed by atoms with van der Waals surface area (Å²) in [4.78, 5) is 0. The van der Waals surface area contributed by atoms with Crippen molar-refractivity contribution in [2.45, 2.75) is 33.2 Å². The Balaban J connectivity index is 2.70. The molecule has 1 aromatic rings. The molecule has 1 unspecified atom stereocenters. The van der Waals surface area contributed by atoms with E-state index in [1.54, 1.807) is 4.68 Å². The van der Waals surface area contributed by atoms with Gasteiger partial charge in [0.1, 0.15) is 5.15 Å². The molecule has 17 heavy (non-hydrogen) atoms. The van der Waals surface area contributed by atoms with Gasteiger partial charge in [0.15, 0.2) is 0 Å². The fourth-order valence-corrected chi connectivity index (χ4v) is 2.90. The van der Waals surface area contributed by atoms with E-state index >= 15 is 0 Å². The van der Waals surface area contributed by atoms with Crippen molar-refractivity contribution in [3.63, 3.8) is 0 Å². The van der Waals surface area contributed by atoms with E-state index in [9.17, 15) is 0 Å². The van der Waals surface area contributed by atoms with Crippen molar-refractivity contribution >= 4 is 23.4 Å². The van der Waals surface area contributed by atoms with Gasteiger partial charge in [0.05, 0.1) is 5.69 Å². The van der Waals surface area contributed by atoms with Crippen LogP contribution in [-0.2, 0) is 13.5 Å². The van der Waals surface area contributed by atoms with E-state index < -0.39 is 0 Å². The van der Waals surface area contributed by atoms with Gasteiger partial charge in [-0.1, -0.05) is 25.4 Å². The van der Waals surface area contributed by atoms with E-state index in [1.807, 2.05) is 25.7 Å². The normalized spacial score (nSPS) is 13.0. The lowest BCUT2D eigenvalue weighted by molar-refractivity contribution is 0.571. The Labute approximate surface area is 113 Å². The highest BCUT2D eigenvalue weighted by molar-refractivity contribution is 7.99. The molecule has 3 nitrogen and oxygen atoms in total. The largest absolute Gasteiger partial charge is 0.313 e. The molecule has 0 amide bonds. The van der Waals surface area contributed by atoms with E-state index in [0.29, 0.717) is 6.04 Å². The predicted molar refractivity (Wildman–Crippen MR) is 77.1 cm³/mol. The predicted octanol–water partition coefficient (Wildman–Crippen LogP) is 2.66. The average molecular weight is 276 g/mol. The van der Waals surface area contributed by atoms with Gasteiger partial charge >= 0.3 is 0 Å². The van der Waals surface area contributed by atoms with Crippen molar-refractivity contribution in [2.75, 3.05) is 18.1 Å². The molecule has 0 aliphatic rings. The summed E-state index contributed by atoms with van der Waals surface area (Å²) in [5.74, 6) is 2.27. The average Bonchev–Trinajstić information content (AvgIpc) is 2.53. The number of halogens is 1. The molecule has 98 valence electrons. The maximum atomic E-state index is 6.26. The molecule has 0 aliphatic carbocycles. The zero-order valence-electron chi connectivity index (χ0n) is 11.1. The van der Waals surface area contributed by atoms with Crippen LogP contribution >= 0.6 is 23.4 Å². The molecule has 1 aromatic heterocycles. The Bertz CT molecular complexity index is 352. The van der Waals surface area contributed by atoms with E-state index in [-0.39, 0.29) is 0 Å². The van der Waals surface area contributed by atoms with Crippen LogP contribution in [0, 0.1) is 6.92 Å². The molecule has 5 heteroatoms. The lowest BCUT2D eigenvalue weighted by Crippen LogP contribution is -2.33. The van der Waals surface area contributed by atoms with Crippen LogP contribution in [0.4, 0.5) is 0 Å². The Morgan fingerprint density at radius 3 is 2.65 bits per heavy atom. The molecule has 0 saturated heterocycles. The second kappa shape index (κ2) is 7.29. The molecule has 1 N–H and O–H groups in total. The molecular weight excluding hydrogens is 254 g/mol. The van der Waals surface area contributed by atoms with E-state index in [4.69, 9.17) is 11.6 Å². The van der Waals surface area contributed by atoms with Gasteiger partial charge in [0.25, 0.3) is 0 Å². The molecule has 1 heterocycles. The molecule has 0 saturated carbocycles. The summed E-state index contributed by atoms with van der Waals surface area (Å²) < 4.78 is 1.75. The molecule has 0 bridgehead atoms. The zero-order valence-corrected chi connectivity index (χ0v) is 12.7. The van der Waals surface area contributed by atoms with Crippen LogP contribution in [0.15, 0.2) is 0 Å². The molecule has 0 aliphatic heterocycles. The summed E-state index contributed by atoms with van der Waals surface area (Å²) in [7, 11) is 1.89. The summed E-state index contributed by atoms with van der Waals surface area (Å²) in [6.07, 6.45) is 0.958. The first-order valence-electron chi connectivity index (χ1n) is 6.09. The number of rotatable bonds is 7. The van der Waals surface area contributed by atoms with Gasteiger partial charge in [-0.15, -0.1) is 0 Å². The van der Waals surface area contributed by atoms with Gasteiger partial charge in [-0.05, 0) is 25.6 Å². The van der Waals surface area contributed by atoms with Crippen molar-refractivity contribution in [2.24, 2.45) is 7.05 Å². The Hall–Kier alpha value is -0.190. The third-order valence-corrected chi connectivity index (χ3v) is 4.26. The molecular formula is C12H22ClN3S. The van der Waals surface area contributed by atoms with Crippen LogP contribution in [-0.4, -0.2) is 33.9 Å². The number of nitrogens with zero attached hydrogens (tertiary/aromatic N) is 2. The lowest BCUT2D eigenvalue weighted by atomic mass is 10.1. The fraction of sp³-hybridized carbons (Fsp3) is 0.750. The van der Waals surface area contributed by atoms with Crippen LogP contribution in [0.3, 0.4) is 0 Å². The summed E-state index contributed by atoms with van der Waals surface area (Å²) in [5, 5.41) is 8.64. The van der Waals surface area contributed by atoms with Gasteiger partial charge in [0, 0.05) is 24.4 Å². The number of thioether (sulfide) groups is 1. The minimum atomic E-state index is 0.477. The summed E-state index contributed by atoms with van der Waals surface area (Å²) in [6, 6.07) is 0.477. The van der Waals surface area contributed by atoms with Crippen molar-refractivity contribution in [1.29, 1.82) is 0 Å². The minimum Gasteiger partial charge on any atom is -0.313 e. The number of aromatic nitrogens is 2. The first-order valence-corrected chi connectivity index (χ1v) is 7.62. The summed E-state index contributed by atoms with van der Waals surface area (Å²) in [5.41, 5.74) is 2.22. The molecule has 0 radical (unpaired) electrons. The molecule has 0 aromatic carbocycles. The maximum Gasteiger partial charge on any atom is 0.130 e.